The molecule has 1 saturated heterocycles. The summed E-state index contributed by atoms with van der Waals surface area (Å²) in [6.45, 7) is 4.80. The van der Waals surface area contributed by atoms with E-state index in [9.17, 15) is 14.7 Å². The van der Waals surface area contributed by atoms with Crippen molar-refractivity contribution in [1.82, 2.24) is 4.90 Å². The van der Waals surface area contributed by atoms with E-state index in [0.717, 1.165) is 12.8 Å². The lowest BCUT2D eigenvalue weighted by molar-refractivity contribution is -0.147. The van der Waals surface area contributed by atoms with Gasteiger partial charge in [-0.2, -0.15) is 0 Å². The summed E-state index contributed by atoms with van der Waals surface area (Å²) >= 11 is 0. The number of aliphatic carboxylic acids is 1. The fourth-order valence-corrected chi connectivity index (χ4v) is 3.67. The Morgan fingerprint density at radius 2 is 2.00 bits per heavy atom. The van der Waals surface area contributed by atoms with Crippen LogP contribution in [0, 0.1) is 17.3 Å². The largest absolute Gasteiger partial charge is 0.481 e. The van der Waals surface area contributed by atoms with Crippen molar-refractivity contribution in [3.63, 3.8) is 0 Å². The third kappa shape index (κ3) is 3.15. The predicted molar refractivity (Wildman–Crippen MR) is 77.3 cm³/mol. The first-order valence-corrected chi connectivity index (χ1v) is 7.98. The molecule has 0 aromatic heterocycles. The fourth-order valence-electron chi connectivity index (χ4n) is 3.67. The van der Waals surface area contributed by atoms with Crippen LogP contribution in [0.3, 0.4) is 0 Å². The molecule has 0 radical (unpaired) electrons. The predicted octanol–water partition coefficient (Wildman–Crippen LogP) is 2.92. The van der Waals surface area contributed by atoms with Gasteiger partial charge in [0.25, 0.3) is 0 Å². The average Bonchev–Trinajstić information content (AvgIpc) is 3.05. The van der Waals surface area contributed by atoms with Crippen LogP contribution in [0.2, 0.25) is 0 Å². The number of carbonyl (C=O) groups is 2. The van der Waals surface area contributed by atoms with Gasteiger partial charge in [-0.15, -0.1) is 0 Å². The molecule has 1 amide bonds. The lowest BCUT2D eigenvalue weighted by Crippen LogP contribution is -2.38. The molecule has 1 heterocycles. The van der Waals surface area contributed by atoms with Crippen molar-refractivity contribution in [2.24, 2.45) is 17.3 Å². The Bertz CT molecular complexity index is 376. The van der Waals surface area contributed by atoms with Gasteiger partial charge in [-0.1, -0.05) is 32.6 Å². The van der Waals surface area contributed by atoms with Crippen LogP contribution in [-0.2, 0) is 9.59 Å². The summed E-state index contributed by atoms with van der Waals surface area (Å²) in [4.78, 5) is 25.7. The molecule has 0 bridgehead atoms. The molecule has 20 heavy (non-hydrogen) atoms. The highest BCUT2D eigenvalue weighted by Gasteiger charge is 2.43. The first kappa shape index (κ1) is 15.3. The molecule has 1 N–H and O–H groups in total. The van der Waals surface area contributed by atoms with Gasteiger partial charge >= 0.3 is 5.97 Å². The number of hydrogen-bond acceptors (Lipinski definition) is 2. The Morgan fingerprint density at radius 3 is 2.50 bits per heavy atom. The minimum Gasteiger partial charge on any atom is -0.481 e. The van der Waals surface area contributed by atoms with Crippen molar-refractivity contribution in [2.75, 3.05) is 13.1 Å². The summed E-state index contributed by atoms with van der Waals surface area (Å²) in [5, 5.41) is 9.26. The SMILES string of the molecule is CCC(CC1CCCC1)C(=O)N1CCC(C)(C(=O)O)C1. The smallest absolute Gasteiger partial charge is 0.311 e. The van der Waals surface area contributed by atoms with E-state index in [4.69, 9.17) is 0 Å². The van der Waals surface area contributed by atoms with E-state index >= 15 is 0 Å². The van der Waals surface area contributed by atoms with Gasteiger partial charge < -0.3 is 10.0 Å². The van der Waals surface area contributed by atoms with E-state index in [2.05, 4.69) is 6.92 Å². The molecule has 4 nitrogen and oxygen atoms in total. The van der Waals surface area contributed by atoms with Crippen molar-refractivity contribution < 1.29 is 14.7 Å². The Kier molecular flexibility index (Phi) is 4.71. The number of nitrogens with zero attached hydrogens (tertiary/aromatic N) is 1. The maximum absolute atomic E-state index is 12.6. The summed E-state index contributed by atoms with van der Waals surface area (Å²) in [6, 6.07) is 0. The van der Waals surface area contributed by atoms with Crippen LogP contribution >= 0.6 is 0 Å². The Labute approximate surface area is 121 Å². The quantitative estimate of drug-likeness (QED) is 0.843. The molecule has 2 atom stereocenters. The zero-order valence-electron chi connectivity index (χ0n) is 12.7. The molecular formula is C16H27NO3. The minimum atomic E-state index is -0.781. The summed E-state index contributed by atoms with van der Waals surface area (Å²) in [6.07, 6.45) is 7.57. The monoisotopic (exact) mass is 281 g/mol. The molecule has 0 aromatic carbocycles. The van der Waals surface area contributed by atoms with Crippen molar-refractivity contribution in [1.29, 1.82) is 0 Å². The van der Waals surface area contributed by atoms with Gasteiger partial charge in [-0.3, -0.25) is 9.59 Å². The lowest BCUT2D eigenvalue weighted by atomic mass is 9.89. The third-order valence-electron chi connectivity index (χ3n) is 5.24. The topological polar surface area (TPSA) is 57.6 Å². The van der Waals surface area contributed by atoms with E-state index < -0.39 is 11.4 Å². The van der Waals surface area contributed by atoms with Crippen LogP contribution in [-0.4, -0.2) is 35.0 Å². The fraction of sp³-hybridized carbons (Fsp3) is 0.875. The van der Waals surface area contributed by atoms with Crippen molar-refractivity contribution in [3.05, 3.63) is 0 Å². The van der Waals surface area contributed by atoms with E-state index in [1.807, 2.05) is 0 Å². The summed E-state index contributed by atoms with van der Waals surface area (Å²) in [5.41, 5.74) is -0.749. The molecule has 1 saturated carbocycles. The van der Waals surface area contributed by atoms with Crippen LogP contribution in [0.25, 0.3) is 0 Å². The van der Waals surface area contributed by atoms with Crippen LogP contribution in [0.4, 0.5) is 0 Å². The van der Waals surface area contributed by atoms with Gasteiger partial charge in [0.1, 0.15) is 0 Å². The molecule has 1 aliphatic carbocycles. The van der Waals surface area contributed by atoms with Gasteiger partial charge in [-0.25, -0.2) is 0 Å². The molecule has 0 spiro atoms. The second-order valence-corrected chi connectivity index (χ2v) is 6.87. The van der Waals surface area contributed by atoms with Crippen LogP contribution in [0.5, 0.6) is 0 Å². The number of carbonyl (C=O) groups excluding carboxylic acids is 1. The molecule has 2 unspecified atom stereocenters. The van der Waals surface area contributed by atoms with Crippen molar-refractivity contribution >= 4 is 11.9 Å². The highest BCUT2D eigenvalue weighted by molar-refractivity contribution is 5.82. The standard InChI is InChI=1S/C16H27NO3/c1-3-13(10-12-6-4-5-7-12)14(18)17-9-8-16(2,11-17)15(19)20/h12-13H,3-11H2,1-2H3,(H,19,20). The summed E-state index contributed by atoms with van der Waals surface area (Å²) in [5.74, 6) is 0.202. The van der Waals surface area contributed by atoms with Gasteiger partial charge in [0, 0.05) is 19.0 Å². The van der Waals surface area contributed by atoms with Gasteiger partial charge in [0.05, 0.1) is 5.41 Å². The highest BCUT2D eigenvalue weighted by atomic mass is 16.4. The number of rotatable bonds is 5. The normalized spacial score (nSPS) is 28.8. The molecule has 4 heteroatoms. The maximum Gasteiger partial charge on any atom is 0.311 e. The zero-order chi connectivity index (χ0) is 14.8. The number of carboxylic acids is 1. The van der Waals surface area contributed by atoms with E-state index in [1.165, 1.54) is 25.7 Å². The number of likely N-dealkylation sites (tertiary alicyclic amines) is 1. The molecule has 2 aliphatic rings. The van der Waals surface area contributed by atoms with Crippen molar-refractivity contribution in [3.8, 4) is 0 Å². The van der Waals surface area contributed by atoms with Crippen LogP contribution in [0.1, 0.15) is 58.8 Å². The Hall–Kier alpha value is -1.06. The van der Waals surface area contributed by atoms with E-state index in [0.29, 0.717) is 25.4 Å². The molecule has 114 valence electrons. The van der Waals surface area contributed by atoms with E-state index in [-0.39, 0.29) is 11.8 Å². The average molecular weight is 281 g/mol. The second-order valence-electron chi connectivity index (χ2n) is 6.87. The molecule has 2 fully saturated rings. The van der Waals surface area contributed by atoms with E-state index in [1.54, 1.807) is 11.8 Å². The van der Waals surface area contributed by atoms with Gasteiger partial charge in [0.2, 0.25) is 5.91 Å². The summed E-state index contributed by atoms with van der Waals surface area (Å²) < 4.78 is 0. The maximum atomic E-state index is 12.6. The molecular weight excluding hydrogens is 254 g/mol. The Morgan fingerprint density at radius 1 is 1.35 bits per heavy atom. The van der Waals surface area contributed by atoms with Gasteiger partial charge in [-0.05, 0) is 32.1 Å². The first-order valence-electron chi connectivity index (χ1n) is 7.98. The number of amides is 1. The van der Waals surface area contributed by atoms with Gasteiger partial charge in [0.15, 0.2) is 0 Å². The Balaban J connectivity index is 1.93. The summed E-state index contributed by atoms with van der Waals surface area (Å²) in [7, 11) is 0. The van der Waals surface area contributed by atoms with Crippen molar-refractivity contribution in [2.45, 2.75) is 58.8 Å². The van der Waals surface area contributed by atoms with Crippen LogP contribution in [0.15, 0.2) is 0 Å². The molecule has 1 aliphatic heterocycles. The molecule has 2 rings (SSSR count). The second kappa shape index (κ2) is 6.15. The zero-order valence-corrected chi connectivity index (χ0v) is 12.7. The first-order chi connectivity index (χ1) is 9.46. The van der Waals surface area contributed by atoms with Crippen LogP contribution < -0.4 is 0 Å². The number of hydrogen-bond donors (Lipinski definition) is 1. The third-order valence-corrected chi connectivity index (χ3v) is 5.24. The lowest BCUT2D eigenvalue weighted by Gasteiger charge is -2.26. The minimum absolute atomic E-state index is 0.0919. The molecule has 0 aromatic rings. The highest BCUT2D eigenvalue weighted by Crippen LogP contribution is 2.35. The number of carboxylic acid groups (broad SMARTS) is 1.